The number of carbonyl (C=O) groups excluding carboxylic acids is 1. The third-order valence-corrected chi connectivity index (χ3v) is 9.80. The van der Waals surface area contributed by atoms with Gasteiger partial charge in [0.2, 0.25) is 0 Å². The Morgan fingerprint density at radius 2 is 1.69 bits per heavy atom. The molecular weight excluding hydrogens is 621 g/mol. The van der Waals surface area contributed by atoms with Gasteiger partial charge in [-0.3, -0.25) is 9.00 Å². The summed E-state index contributed by atoms with van der Waals surface area (Å²) in [5.41, 5.74) is 6.53. The molecule has 1 aliphatic rings. The van der Waals surface area contributed by atoms with Crippen LogP contribution in [-0.4, -0.2) is 52.6 Å². The molecule has 1 amide bonds. The Morgan fingerprint density at radius 3 is 2.42 bits per heavy atom. The van der Waals surface area contributed by atoms with Crippen molar-refractivity contribution in [2.45, 2.75) is 70.1 Å². The van der Waals surface area contributed by atoms with Crippen LogP contribution in [0.2, 0.25) is 0 Å². The summed E-state index contributed by atoms with van der Waals surface area (Å²) in [5.74, 6) is 1.04. The lowest BCUT2D eigenvalue weighted by molar-refractivity contribution is -0.112. The molecule has 3 aromatic carbocycles. The van der Waals surface area contributed by atoms with Crippen molar-refractivity contribution in [3.63, 3.8) is 0 Å². The fourth-order valence-corrected chi connectivity index (χ4v) is 6.87. The number of carbonyl (C=O) groups is 1. The Morgan fingerprint density at radius 1 is 0.938 bits per heavy atom. The molecule has 8 nitrogen and oxygen atoms in total. The number of nitrogens with one attached hydrogen (secondary N) is 1. The van der Waals surface area contributed by atoms with E-state index < -0.39 is 10.8 Å². The van der Waals surface area contributed by atoms with Crippen molar-refractivity contribution in [3.05, 3.63) is 96.1 Å². The Labute approximate surface area is 287 Å². The van der Waals surface area contributed by atoms with Gasteiger partial charge in [0, 0.05) is 54.3 Å². The molecule has 0 bridgehead atoms. The minimum atomic E-state index is -1.21. The van der Waals surface area contributed by atoms with Crippen molar-refractivity contribution < 1.29 is 18.5 Å². The van der Waals surface area contributed by atoms with E-state index in [9.17, 15) is 9.00 Å². The highest BCUT2D eigenvalue weighted by molar-refractivity contribution is 7.84. The van der Waals surface area contributed by atoms with Crippen LogP contribution in [0.5, 0.6) is 5.75 Å². The van der Waals surface area contributed by atoms with Crippen molar-refractivity contribution in [1.82, 2.24) is 9.55 Å². The summed E-state index contributed by atoms with van der Waals surface area (Å²) in [6.45, 7) is 10.9. The van der Waals surface area contributed by atoms with Gasteiger partial charge in [-0.05, 0) is 104 Å². The molecule has 1 fully saturated rings. The van der Waals surface area contributed by atoms with Crippen molar-refractivity contribution in [3.8, 4) is 16.9 Å². The molecule has 1 saturated heterocycles. The van der Waals surface area contributed by atoms with Crippen molar-refractivity contribution >= 4 is 34.2 Å². The Bertz CT molecular complexity index is 1680. The monoisotopic (exact) mass is 668 g/mol. The summed E-state index contributed by atoms with van der Waals surface area (Å²) in [6.07, 6.45) is 11.1. The summed E-state index contributed by atoms with van der Waals surface area (Å²) in [4.78, 5) is 20.7. The number of ether oxygens (including phenoxy) is 2. The zero-order chi connectivity index (χ0) is 33.7. The molecular formula is C39H48N4O4S. The summed E-state index contributed by atoms with van der Waals surface area (Å²) < 4.78 is 26.6. The van der Waals surface area contributed by atoms with E-state index in [1.807, 2.05) is 54.0 Å². The minimum absolute atomic E-state index is 0.176. The predicted octanol–water partition coefficient (Wildman–Crippen LogP) is 8.11. The number of unbranched alkanes of at least 4 members (excludes halogenated alkanes) is 1. The third-order valence-electron chi connectivity index (χ3n) is 8.45. The lowest BCUT2D eigenvalue weighted by Gasteiger charge is -2.21. The van der Waals surface area contributed by atoms with Crippen molar-refractivity contribution in [2.24, 2.45) is 0 Å². The quantitative estimate of drug-likeness (QED) is 0.0904. The zero-order valence-electron chi connectivity index (χ0n) is 28.5. The van der Waals surface area contributed by atoms with Gasteiger partial charge in [-0.2, -0.15) is 0 Å². The maximum atomic E-state index is 13.3. The first kappa shape index (κ1) is 35.1. The fourth-order valence-electron chi connectivity index (χ4n) is 5.75. The molecule has 0 saturated carbocycles. The minimum Gasteiger partial charge on any atom is -0.491 e. The number of aryl methyl sites for hydroxylation is 1. The zero-order valence-corrected chi connectivity index (χ0v) is 29.3. The van der Waals surface area contributed by atoms with E-state index in [2.05, 4.69) is 59.4 Å². The van der Waals surface area contributed by atoms with E-state index in [1.165, 1.54) is 12.8 Å². The molecule has 0 spiro atoms. The molecule has 5 rings (SSSR count). The van der Waals surface area contributed by atoms with Crippen LogP contribution < -0.4 is 15.0 Å². The van der Waals surface area contributed by atoms with Crippen LogP contribution in [-0.2, 0) is 32.6 Å². The van der Waals surface area contributed by atoms with Crippen LogP contribution in [0.3, 0.4) is 0 Å². The molecule has 1 unspecified atom stereocenters. The van der Waals surface area contributed by atoms with Crippen LogP contribution >= 0.6 is 0 Å². The highest BCUT2D eigenvalue weighted by atomic mass is 32.2. The number of hydrogen-bond acceptors (Lipinski definition) is 6. The van der Waals surface area contributed by atoms with Crippen molar-refractivity contribution in [2.75, 3.05) is 43.1 Å². The standard InChI is InChI=1S/C39H48N4O4S/c1-4-6-22-46-23-24-47-36-14-9-31(10-15-36)32-11-18-38(42-20-7-8-21-42)33(26-32)25-30(3)39(44)41-34-12-16-37(17-13-34)48(45)28-35-27-40-29-43(35)19-5-2/h9-18,25-27,29H,4-8,19-24,28H2,1-3H3,(H,41,44). The number of hydrogen-bond donors (Lipinski definition) is 1. The van der Waals surface area contributed by atoms with Gasteiger partial charge in [0.15, 0.2) is 0 Å². The highest BCUT2D eigenvalue weighted by Gasteiger charge is 2.17. The molecule has 1 atom stereocenters. The molecule has 4 aromatic rings. The van der Waals surface area contributed by atoms with Gasteiger partial charge in [0.05, 0.1) is 35.2 Å². The maximum absolute atomic E-state index is 13.3. The van der Waals surface area contributed by atoms with Crippen LogP contribution in [0.15, 0.2) is 89.7 Å². The molecule has 48 heavy (non-hydrogen) atoms. The molecule has 1 aromatic heterocycles. The number of benzene rings is 3. The lowest BCUT2D eigenvalue weighted by Crippen LogP contribution is -2.19. The second kappa shape index (κ2) is 17.8. The fraction of sp³-hybridized carbons (Fsp3) is 0.385. The van der Waals surface area contributed by atoms with Gasteiger partial charge in [-0.25, -0.2) is 4.98 Å². The van der Waals surface area contributed by atoms with E-state index in [4.69, 9.17) is 9.47 Å². The van der Waals surface area contributed by atoms with Crippen molar-refractivity contribution in [1.29, 1.82) is 0 Å². The van der Waals surface area contributed by atoms with Crippen LogP contribution in [0, 0.1) is 0 Å². The maximum Gasteiger partial charge on any atom is 0.251 e. The summed E-state index contributed by atoms with van der Waals surface area (Å²) >= 11 is 0. The van der Waals surface area contributed by atoms with E-state index >= 15 is 0 Å². The van der Waals surface area contributed by atoms with Gasteiger partial charge in [0.25, 0.3) is 5.91 Å². The summed E-state index contributed by atoms with van der Waals surface area (Å²) in [7, 11) is -1.21. The highest BCUT2D eigenvalue weighted by Crippen LogP contribution is 2.32. The van der Waals surface area contributed by atoms with Gasteiger partial charge in [-0.1, -0.05) is 38.5 Å². The van der Waals surface area contributed by atoms with Gasteiger partial charge in [0.1, 0.15) is 12.4 Å². The molecule has 9 heteroatoms. The first-order chi connectivity index (χ1) is 23.4. The smallest absolute Gasteiger partial charge is 0.251 e. The largest absolute Gasteiger partial charge is 0.491 e. The molecule has 254 valence electrons. The van der Waals surface area contributed by atoms with E-state index in [0.717, 1.165) is 79.3 Å². The normalized spacial score (nSPS) is 13.9. The van der Waals surface area contributed by atoms with Crippen LogP contribution in [0.4, 0.5) is 11.4 Å². The third kappa shape index (κ3) is 9.67. The number of imidazole rings is 1. The Balaban J connectivity index is 1.25. The second-order valence-corrected chi connectivity index (χ2v) is 13.6. The van der Waals surface area contributed by atoms with E-state index in [0.29, 0.717) is 35.1 Å². The average Bonchev–Trinajstić information content (AvgIpc) is 3.80. The van der Waals surface area contributed by atoms with E-state index in [1.54, 1.807) is 12.5 Å². The molecule has 1 aliphatic heterocycles. The number of amides is 1. The first-order valence-electron chi connectivity index (χ1n) is 17.1. The molecule has 2 heterocycles. The topological polar surface area (TPSA) is 85.7 Å². The molecule has 1 N–H and O–H groups in total. The number of nitrogens with zero attached hydrogens (tertiary/aromatic N) is 3. The average molecular weight is 669 g/mol. The molecule has 0 aliphatic carbocycles. The summed E-state index contributed by atoms with van der Waals surface area (Å²) in [5, 5.41) is 3.02. The summed E-state index contributed by atoms with van der Waals surface area (Å²) in [6, 6.07) is 21.9. The van der Waals surface area contributed by atoms with Crippen LogP contribution in [0.1, 0.15) is 64.1 Å². The second-order valence-electron chi connectivity index (χ2n) is 12.2. The number of rotatable bonds is 17. The predicted molar refractivity (Wildman–Crippen MR) is 196 cm³/mol. The van der Waals surface area contributed by atoms with Gasteiger partial charge in [-0.15, -0.1) is 0 Å². The first-order valence-corrected chi connectivity index (χ1v) is 18.4. The number of anilines is 2. The van der Waals surface area contributed by atoms with Crippen LogP contribution in [0.25, 0.3) is 17.2 Å². The Hall–Kier alpha value is -4.21. The molecule has 0 radical (unpaired) electrons. The lowest BCUT2D eigenvalue weighted by atomic mass is 9.99. The SMILES string of the molecule is CCCCOCCOc1ccc(-c2ccc(N3CCCC3)c(C=C(C)C(=O)Nc3ccc(S(=O)Cc4cncn4CCC)cc3)c2)cc1. The van der Waals surface area contributed by atoms with Gasteiger partial charge < -0.3 is 24.3 Å². The van der Waals surface area contributed by atoms with E-state index in [-0.39, 0.29) is 5.91 Å². The number of aromatic nitrogens is 2. The Kier molecular flexibility index (Phi) is 13.0. The van der Waals surface area contributed by atoms with Gasteiger partial charge >= 0.3 is 0 Å².